The highest BCUT2D eigenvalue weighted by molar-refractivity contribution is 5.22. The molecule has 4 nitrogen and oxygen atoms in total. The van der Waals surface area contributed by atoms with Gasteiger partial charge in [-0.25, -0.2) is 9.97 Å². The van der Waals surface area contributed by atoms with Crippen molar-refractivity contribution in [3.63, 3.8) is 0 Å². The number of piperazine rings is 1. The summed E-state index contributed by atoms with van der Waals surface area (Å²) in [6, 6.07) is 2.62. The zero-order valence-corrected chi connectivity index (χ0v) is 13.6. The minimum Gasteiger partial charge on any atom is -0.314 e. The van der Waals surface area contributed by atoms with E-state index in [0.29, 0.717) is 17.9 Å². The van der Waals surface area contributed by atoms with Crippen molar-refractivity contribution in [3.8, 4) is 0 Å². The lowest BCUT2D eigenvalue weighted by atomic mass is 10.1. The highest BCUT2D eigenvalue weighted by Gasteiger charge is 2.29. The number of nitrogens with zero attached hydrogens (tertiary/aromatic N) is 3. The zero-order valence-electron chi connectivity index (χ0n) is 13.6. The van der Waals surface area contributed by atoms with Gasteiger partial charge in [0.1, 0.15) is 5.82 Å². The molecule has 1 aliphatic carbocycles. The largest absolute Gasteiger partial charge is 0.314 e. The first-order chi connectivity index (χ1) is 10.2. The SMILES string of the molecule is CCC(c1nc(C(C)C)cc(C2CC2)n1)N1CCNCC1. The van der Waals surface area contributed by atoms with Crippen LogP contribution in [-0.4, -0.2) is 41.0 Å². The summed E-state index contributed by atoms with van der Waals surface area (Å²) in [4.78, 5) is 12.4. The van der Waals surface area contributed by atoms with Crippen molar-refractivity contribution < 1.29 is 0 Å². The Bertz CT molecular complexity index is 455. The molecule has 0 aromatic carbocycles. The van der Waals surface area contributed by atoms with Crippen molar-refractivity contribution in [3.05, 3.63) is 23.3 Å². The van der Waals surface area contributed by atoms with E-state index >= 15 is 0 Å². The molecule has 0 spiro atoms. The molecule has 0 amide bonds. The van der Waals surface area contributed by atoms with Crippen LogP contribution >= 0.6 is 0 Å². The second-order valence-electron chi connectivity index (χ2n) is 6.71. The molecule has 1 aliphatic heterocycles. The van der Waals surface area contributed by atoms with Gasteiger partial charge in [0.05, 0.1) is 6.04 Å². The minimum absolute atomic E-state index is 0.378. The number of hydrogen-bond acceptors (Lipinski definition) is 4. The number of aromatic nitrogens is 2. The Kier molecular flexibility index (Phi) is 4.55. The molecule has 1 atom stereocenters. The van der Waals surface area contributed by atoms with Crippen LogP contribution in [0.3, 0.4) is 0 Å². The molecule has 3 rings (SSSR count). The lowest BCUT2D eigenvalue weighted by Crippen LogP contribution is -2.45. The number of hydrogen-bond donors (Lipinski definition) is 1. The molecule has 2 aliphatic rings. The molecule has 0 bridgehead atoms. The van der Waals surface area contributed by atoms with Crippen LogP contribution in [0, 0.1) is 0 Å². The van der Waals surface area contributed by atoms with Gasteiger partial charge in [-0.15, -0.1) is 0 Å². The smallest absolute Gasteiger partial charge is 0.145 e. The van der Waals surface area contributed by atoms with Crippen molar-refractivity contribution in [1.29, 1.82) is 0 Å². The molecule has 116 valence electrons. The Morgan fingerprint density at radius 2 is 1.95 bits per heavy atom. The Labute approximate surface area is 128 Å². The third kappa shape index (κ3) is 3.43. The molecule has 2 heterocycles. The van der Waals surface area contributed by atoms with Gasteiger partial charge >= 0.3 is 0 Å². The van der Waals surface area contributed by atoms with Crippen molar-refractivity contribution in [2.75, 3.05) is 26.2 Å². The lowest BCUT2D eigenvalue weighted by molar-refractivity contribution is 0.162. The van der Waals surface area contributed by atoms with E-state index < -0.39 is 0 Å². The van der Waals surface area contributed by atoms with E-state index in [1.807, 2.05) is 0 Å². The van der Waals surface area contributed by atoms with Crippen LogP contribution < -0.4 is 5.32 Å². The maximum atomic E-state index is 4.95. The van der Waals surface area contributed by atoms with Crippen LogP contribution in [0.1, 0.15) is 75.1 Å². The summed E-state index contributed by atoms with van der Waals surface area (Å²) in [5, 5.41) is 3.43. The Hall–Kier alpha value is -1.00. The summed E-state index contributed by atoms with van der Waals surface area (Å²) in [7, 11) is 0. The van der Waals surface area contributed by atoms with Crippen LogP contribution in [-0.2, 0) is 0 Å². The van der Waals surface area contributed by atoms with Gasteiger partial charge < -0.3 is 5.32 Å². The molecule has 2 fully saturated rings. The van der Waals surface area contributed by atoms with Gasteiger partial charge in [-0.05, 0) is 31.2 Å². The summed E-state index contributed by atoms with van der Waals surface area (Å²) in [5.74, 6) is 2.24. The molecule has 0 radical (unpaired) electrons. The van der Waals surface area contributed by atoms with Gasteiger partial charge in [0, 0.05) is 43.5 Å². The van der Waals surface area contributed by atoms with Crippen LogP contribution in [0.4, 0.5) is 0 Å². The summed E-state index contributed by atoms with van der Waals surface area (Å²) in [6.45, 7) is 11.1. The van der Waals surface area contributed by atoms with Gasteiger partial charge in [-0.2, -0.15) is 0 Å². The van der Waals surface area contributed by atoms with E-state index in [4.69, 9.17) is 9.97 Å². The summed E-state index contributed by atoms with van der Waals surface area (Å²) in [6.07, 6.45) is 3.70. The van der Waals surface area contributed by atoms with E-state index in [1.165, 1.54) is 24.2 Å². The van der Waals surface area contributed by atoms with Gasteiger partial charge in [0.15, 0.2) is 0 Å². The molecular weight excluding hydrogens is 260 g/mol. The van der Waals surface area contributed by atoms with Crippen molar-refractivity contribution in [2.45, 2.75) is 57.9 Å². The van der Waals surface area contributed by atoms with E-state index in [0.717, 1.165) is 38.4 Å². The molecule has 1 saturated heterocycles. The predicted molar refractivity (Wildman–Crippen MR) is 85.6 cm³/mol. The third-order valence-corrected chi connectivity index (χ3v) is 4.65. The first kappa shape index (κ1) is 14.9. The van der Waals surface area contributed by atoms with E-state index in [2.05, 4.69) is 37.1 Å². The summed E-state index contributed by atoms with van der Waals surface area (Å²) in [5.41, 5.74) is 2.51. The van der Waals surface area contributed by atoms with E-state index in [1.54, 1.807) is 0 Å². The van der Waals surface area contributed by atoms with Crippen LogP contribution in [0.2, 0.25) is 0 Å². The zero-order chi connectivity index (χ0) is 14.8. The minimum atomic E-state index is 0.378. The first-order valence-corrected chi connectivity index (χ1v) is 8.52. The average Bonchev–Trinajstić information content (AvgIpc) is 3.33. The Morgan fingerprint density at radius 3 is 2.52 bits per heavy atom. The average molecular weight is 288 g/mol. The second-order valence-corrected chi connectivity index (χ2v) is 6.71. The summed E-state index contributed by atoms with van der Waals surface area (Å²) < 4.78 is 0. The van der Waals surface area contributed by atoms with Gasteiger partial charge in [0.2, 0.25) is 0 Å². The van der Waals surface area contributed by atoms with Crippen LogP contribution in [0.25, 0.3) is 0 Å². The maximum Gasteiger partial charge on any atom is 0.145 e. The van der Waals surface area contributed by atoms with E-state index in [-0.39, 0.29) is 0 Å². The molecule has 1 aromatic heterocycles. The topological polar surface area (TPSA) is 41.1 Å². The quantitative estimate of drug-likeness (QED) is 0.904. The maximum absolute atomic E-state index is 4.95. The Balaban J connectivity index is 1.90. The lowest BCUT2D eigenvalue weighted by Gasteiger charge is -2.33. The normalized spacial score (nSPS) is 21.7. The van der Waals surface area contributed by atoms with Crippen LogP contribution in [0.15, 0.2) is 6.07 Å². The fourth-order valence-electron chi connectivity index (χ4n) is 3.14. The molecule has 4 heteroatoms. The highest BCUT2D eigenvalue weighted by atomic mass is 15.2. The summed E-state index contributed by atoms with van der Waals surface area (Å²) >= 11 is 0. The van der Waals surface area contributed by atoms with E-state index in [9.17, 15) is 0 Å². The number of nitrogens with one attached hydrogen (secondary N) is 1. The van der Waals surface area contributed by atoms with Crippen molar-refractivity contribution in [1.82, 2.24) is 20.2 Å². The fourth-order valence-corrected chi connectivity index (χ4v) is 3.14. The Morgan fingerprint density at radius 1 is 1.24 bits per heavy atom. The van der Waals surface area contributed by atoms with Gasteiger partial charge in [-0.3, -0.25) is 4.90 Å². The fraction of sp³-hybridized carbons (Fsp3) is 0.765. The van der Waals surface area contributed by atoms with Gasteiger partial charge in [-0.1, -0.05) is 20.8 Å². The molecule has 1 N–H and O–H groups in total. The molecule has 1 aromatic rings. The molecule has 1 unspecified atom stereocenters. The third-order valence-electron chi connectivity index (χ3n) is 4.65. The monoisotopic (exact) mass is 288 g/mol. The molecular formula is C17H28N4. The second kappa shape index (κ2) is 6.41. The highest BCUT2D eigenvalue weighted by Crippen LogP contribution is 2.40. The predicted octanol–water partition coefficient (Wildman–Crippen LogP) is 2.83. The number of rotatable bonds is 5. The van der Waals surface area contributed by atoms with Crippen LogP contribution in [0.5, 0.6) is 0 Å². The van der Waals surface area contributed by atoms with Gasteiger partial charge in [0.25, 0.3) is 0 Å². The first-order valence-electron chi connectivity index (χ1n) is 8.52. The van der Waals surface area contributed by atoms with Crippen molar-refractivity contribution in [2.24, 2.45) is 0 Å². The molecule has 21 heavy (non-hydrogen) atoms. The standard InChI is InChI=1S/C17H28N4/c1-4-16(21-9-7-18-8-10-21)17-19-14(12(2)3)11-15(20-17)13-5-6-13/h11-13,16,18H,4-10H2,1-3H3. The van der Waals surface area contributed by atoms with Crippen molar-refractivity contribution >= 4 is 0 Å². The molecule has 1 saturated carbocycles.